The molecule has 47 heavy (non-hydrogen) atoms. The summed E-state index contributed by atoms with van der Waals surface area (Å²) < 4.78 is 10.5. The fraction of sp³-hybridized carbons (Fsp3) is 0.756. The average molecular weight is 661 g/mol. The molecule has 0 fully saturated rings. The van der Waals surface area contributed by atoms with Gasteiger partial charge in [-0.05, 0) is 44.9 Å². The smallest absolute Gasteiger partial charge is 0.306 e. The van der Waals surface area contributed by atoms with E-state index in [2.05, 4.69) is 26.0 Å². The number of carbonyl (C=O) groups excluding carboxylic acids is 2. The summed E-state index contributed by atoms with van der Waals surface area (Å²) >= 11 is 0. The fourth-order valence-electron chi connectivity index (χ4n) is 5.22. The van der Waals surface area contributed by atoms with Gasteiger partial charge in [-0.1, -0.05) is 165 Å². The third kappa shape index (κ3) is 35.0. The SMILES string of the molecule is CCCCC/C=C\C[C@@H](O)/C=C/C=C\C/C=C\CCCC(=O)OC[C@H](CO)OC(=O)CCCCCCCCCCCCCCCCC. The van der Waals surface area contributed by atoms with Gasteiger partial charge in [0.1, 0.15) is 6.61 Å². The van der Waals surface area contributed by atoms with Crippen LogP contribution >= 0.6 is 0 Å². The molecule has 2 atom stereocenters. The lowest BCUT2D eigenvalue weighted by Crippen LogP contribution is -2.28. The molecule has 0 radical (unpaired) electrons. The lowest BCUT2D eigenvalue weighted by atomic mass is 10.0. The molecule has 2 N–H and O–H groups in total. The van der Waals surface area contributed by atoms with E-state index in [0.29, 0.717) is 19.3 Å². The number of hydrogen-bond donors (Lipinski definition) is 2. The van der Waals surface area contributed by atoms with Gasteiger partial charge in [0.25, 0.3) is 0 Å². The Morgan fingerprint density at radius 1 is 0.596 bits per heavy atom. The van der Waals surface area contributed by atoms with Crippen LogP contribution in [-0.4, -0.2) is 47.6 Å². The molecule has 6 nitrogen and oxygen atoms in total. The van der Waals surface area contributed by atoms with Crippen LogP contribution in [-0.2, 0) is 19.1 Å². The van der Waals surface area contributed by atoms with E-state index >= 15 is 0 Å². The molecule has 0 aromatic rings. The lowest BCUT2D eigenvalue weighted by molar-refractivity contribution is -0.161. The zero-order valence-electron chi connectivity index (χ0n) is 30.4. The second kappa shape index (κ2) is 36.7. The molecule has 6 heteroatoms. The van der Waals surface area contributed by atoms with E-state index in [9.17, 15) is 19.8 Å². The summed E-state index contributed by atoms with van der Waals surface area (Å²) in [5, 5.41) is 19.5. The number of rotatable bonds is 34. The first-order chi connectivity index (χ1) is 23.0. The third-order valence-electron chi connectivity index (χ3n) is 8.21. The molecule has 0 saturated carbocycles. The van der Waals surface area contributed by atoms with Crippen LogP contribution in [0.1, 0.15) is 174 Å². The minimum Gasteiger partial charge on any atom is -0.462 e. The minimum atomic E-state index is -0.809. The molecule has 0 aliphatic rings. The Hall–Kier alpha value is -2.18. The molecular formula is C41H72O6. The van der Waals surface area contributed by atoms with Crippen molar-refractivity contribution in [2.45, 2.75) is 187 Å². The largest absolute Gasteiger partial charge is 0.462 e. The Morgan fingerprint density at radius 2 is 1.13 bits per heavy atom. The highest BCUT2D eigenvalue weighted by atomic mass is 16.6. The zero-order chi connectivity index (χ0) is 34.5. The Bertz CT molecular complexity index is 815. The van der Waals surface area contributed by atoms with Crippen LogP contribution < -0.4 is 0 Å². The molecule has 0 unspecified atom stereocenters. The van der Waals surface area contributed by atoms with Crippen molar-refractivity contribution < 1.29 is 29.3 Å². The van der Waals surface area contributed by atoms with Crippen LogP contribution in [0, 0.1) is 0 Å². The van der Waals surface area contributed by atoms with Crippen molar-refractivity contribution >= 4 is 11.9 Å². The number of aliphatic hydroxyl groups excluding tert-OH is 2. The summed E-state index contributed by atoms with van der Waals surface area (Å²) in [6.07, 6.45) is 42.0. The normalized spacial score (nSPS) is 13.4. The molecule has 0 saturated heterocycles. The topological polar surface area (TPSA) is 93.1 Å². The van der Waals surface area contributed by atoms with Crippen molar-refractivity contribution in [3.05, 3.63) is 48.6 Å². The molecule has 0 aliphatic heterocycles. The van der Waals surface area contributed by atoms with Crippen LogP contribution in [0.3, 0.4) is 0 Å². The number of aliphatic hydroxyl groups is 2. The van der Waals surface area contributed by atoms with Gasteiger partial charge in [-0.25, -0.2) is 0 Å². The van der Waals surface area contributed by atoms with Gasteiger partial charge >= 0.3 is 11.9 Å². The van der Waals surface area contributed by atoms with Crippen molar-refractivity contribution in [1.29, 1.82) is 0 Å². The highest BCUT2D eigenvalue weighted by Crippen LogP contribution is 2.14. The number of hydrogen-bond acceptors (Lipinski definition) is 6. The third-order valence-corrected chi connectivity index (χ3v) is 8.21. The van der Waals surface area contributed by atoms with E-state index in [1.807, 2.05) is 30.4 Å². The highest BCUT2D eigenvalue weighted by Gasteiger charge is 2.16. The van der Waals surface area contributed by atoms with Gasteiger partial charge in [0.15, 0.2) is 6.10 Å². The molecule has 0 amide bonds. The van der Waals surface area contributed by atoms with Gasteiger partial charge in [-0.15, -0.1) is 0 Å². The first-order valence-electron chi connectivity index (χ1n) is 19.3. The molecule has 0 aromatic heterocycles. The Balaban J connectivity index is 3.73. The Labute approximate surface area is 289 Å². The quantitative estimate of drug-likeness (QED) is 0.0309. The van der Waals surface area contributed by atoms with Crippen LogP contribution in [0.4, 0.5) is 0 Å². The van der Waals surface area contributed by atoms with E-state index in [1.165, 1.54) is 96.3 Å². The molecule has 0 heterocycles. The van der Waals surface area contributed by atoms with Crippen LogP contribution in [0.25, 0.3) is 0 Å². The standard InChI is InChI=1S/C41H72O6/c1-3-5-7-9-11-12-13-14-15-16-17-18-23-27-31-35-41(45)47-39(36-42)37-46-40(44)34-30-26-22-20-19-21-25-29-33-38(43)32-28-24-10-8-6-4-2/h20-22,24-25,28-29,33,38-39,42-43H,3-19,23,26-27,30-32,34-37H2,1-2H3/b22-20-,25-21-,28-24-,33-29+/t38-,39+/m1/s1. The fourth-order valence-corrected chi connectivity index (χ4v) is 5.22. The van der Waals surface area contributed by atoms with Crippen molar-refractivity contribution in [3.8, 4) is 0 Å². The van der Waals surface area contributed by atoms with E-state index in [-0.39, 0.29) is 31.6 Å². The molecular weight excluding hydrogens is 588 g/mol. The predicted octanol–water partition coefficient (Wildman–Crippen LogP) is 10.8. The maximum Gasteiger partial charge on any atom is 0.306 e. The second-order valence-corrected chi connectivity index (χ2v) is 12.9. The van der Waals surface area contributed by atoms with E-state index in [1.54, 1.807) is 6.08 Å². The van der Waals surface area contributed by atoms with Crippen molar-refractivity contribution in [1.82, 2.24) is 0 Å². The number of allylic oxidation sites excluding steroid dienone is 6. The van der Waals surface area contributed by atoms with Gasteiger partial charge in [0.2, 0.25) is 0 Å². The van der Waals surface area contributed by atoms with E-state index < -0.39 is 12.2 Å². The van der Waals surface area contributed by atoms with Gasteiger partial charge in [0, 0.05) is 12.8 Å². The predicted molar refractivity (Wildman–Crippen MR) is 197 cm³/mol. The monoisotopic (exact) mass is 661 g/mol. The second-order valence-electron chi connectivity index (χ2n) is 12.9. The summed E-state index contributed by atoms with van der Waals surface area (Å²) in [6, 6.07) is 0. The van der Waals surface area contributed by atoms with Crippen LogP contribution in [0.5, 0.6) is 0 Å². The van der Waals surface area contributed by atoms with Gasteiger partial charge in [-0.2, -0.15) is 0 Å². The first-order valence-corrected chi connectivity index (χ1v) is 19.3. The summed E-state index contributed by atoms with van der Waals surface area (Å²) in [7, 11) is 0. The number of esters is 2. The van der Waals surface area contributed by atoms with Crippen LogP contribution in [0.15, 0.2) is 48.6 Å². The number of ether oxygens (including phenoxy) is 2. The maximum absolute atomic E-state index is 12.1. The van der Waals surface area contributed by atoms with E-state index in [0.717, 1.165) is 38.5 Å². The molecule has 0 spiro atoms. The lowest BCUT2D eigenvalue weighted by Gasteiger charge is -2.15. The summed E-state index contributed by atoms with van der Waals surface area (Å²) in [5.41, 5.74) is 0. The molecule has 0 bridgehead atoms. The summed E-state index contributed by atoms with van der Waals surface area (Å²) in [4.78, 5) is 24.2. The van der Waals surface area contributed by atoms with Gasteiger partial charge in [0.05, 0.1) is 12.7 Å². The number of unbranched alkanes of at least 4 members (excludes halogenated alkanes) is 18. The average Bonchev–Trinajstić information content (AvgIpc) is 3.07. The van der Waals surface area contributed by atoms with E-state index in [4.69, 9.17) is 9.47 Å². The van der Waals surface area contributed by atoms with Crippen LogP contribution in [0.2, 0.25) is 0 Å². The highest BCUT2D eigenvalue weighted by molar-refractivity contribution is 5.70. The van der Waals surface area contributed by atoms with Gasteiger partial charge in [-0.3, -0.25) is 9.59 Å². The maximum atomic E-state index is 12.1. The molecule has 0 aromatic carbocycles. The van der Waals surface area contributed by atoms with Gasteiger partial charge < -0.3 is 19.7 Å². The molecule has 0 rings (SSSR count). The number of carbonyl (C=O) groups is 2. The summed E-state index contributed by atoms with van der Waals surface area (Å²) in [6.45, 7) is 3.98. The Morgan fingerprint density at radius 3 is 1.74 bits per heavy atom. The van der Waals surface area contributed by atoms with Crippen molar-refractivity contribution in [2.75, 3.05) is 13.2 Å². The van der Waals surface area contributed by atoms with Crippen molar-refractivity contribution in [3.63, 3.8) is 0 Å². The Kier molecular flexibility index (Phi) is 35.0. The minimum absolute atomic E-state index is 0.113. The first kappa shape index (κ1) is 44.8. The summed E-state index contributed by atoms with van der Waals surface area (Å²) in [5.74, 6) is -0.694. The molecule has 272 valence electrons. The molecule has 0 aliphatic carbocycles. The van der Waals surface area contributed by atoms with Crippen molar-refractivity contribution in [2.24, 2.45) is 0 Å². The zero-order valence-corrected chi connectivity index (χ0v) is 30.4.